The van der Waals surface area contributed by atoms with Crippen molar-refractivity contribution in [2.24, 2.45) is 0 Å². The molecule has 0 radical (unpaired) electrons. The highest BCUT2D eigenvalue weighted by atomic mass is 32.2. The van der Waals surface area contributed by atoms with Crippen LogP contribution in [0.25, 0.3) is 0 Å². The van der Waals surface area contributed by atoms with Crippen molar-refractivity contribution in [1.82, 2.24) is 10.6 Å². The van der Waals surface area contributed by atoms with E-state index < -0.39 is 5.60 Å². The van der Waals surface area contributed by atoms with Gasteiger partial charge in [0.05, 0.1) is 0 Å². The minimum atomic E-state index is -0.417. The van der Waals surface area contributed by atoms with Crippen molar-refractivity contribution in [1.29, 1.82) is 0 Å². The molecule has 0 aromatic carbocycles. The lowest BCUT2D eigenvalue weighted by Crippen LogP contribution is -2.34. The predicted molar refractivity (Wildman–Crippen MR) is 79.3 cm³/mol. The summed E-state index contributed by atoms with van der Waals surface area (Å²) in [5.74, 6) is 1.24. The maximum absolute atomic E-state index is 11.3. The van der Waals surface area contributed by atoms with Crippen LogP contribution in [-0.2, 0) is 4.74 Å². The Labute approximate surface area is 116 Å². The molecule has 0 aromatic heterocycles. The van der Waals surface area contributed by atoms with E-state index >= 15 is 0 Å². The van der Waals surface area contributed by atoms with Crippen molar-refractivity contribution in [3.8, 4) is 0 Å². The van der Waals surface area contributed by atoms with E-state index in [-0.39, 0.29) is 6.09 Å². The Morgan fingerprint density at radius 1 is 1.11 bits per heavy atom. The molecule has 18 heavy (non-hydrogen) atoms. The van der Waals surface area contributed by atoms with Gasteiger partial charge in [-0.2, -0.15) is 11.8 Å². The Morgan fingerprint density at radius 3 is 2.39 bits per heavy atom. The van der Waals surface area contributed by atoms with Gasteiger partial charge in [0, 0.05) is 6.54 Å². The Balaban J connectivity index is 3.23. The number of alkyl carbamates (subject to hydrolysis) is 1. The highest BCUT2D eigenvalue weighted by molar-refractivity contribution is 7.98. The number of nitrogens with one attached hydrogen (secondary N) is 2. The maximum atomic E-state index is 11.3. The van der Waals surface area contributed by atoms with Crippen LogP contribution >= 0.6 is 11.8 Å². The fourth-order valence-electron chi connectivity index (χ4n) is 1.34. The number of carbonyl (C=O) groups excluding carboxylic acids is 1. The minimum absolute atomic E-state index is 0.331. The average molecular weight is 276 g/mol. The van der Waals surface area contributed by atoms with E-state index in [2.05, 4.69) is 16.9 Å². The Hall–Kier alpha value is -0.420. The second-order valence-electron chi connectivity index (χ2n) is 5.23. The lowest BCUT2D eigenvalue weighted by Gasteiger charge is -2.19. The molecule has 0 spiro atoms. The molecule has 108 valence electrons. The van der Waals surface area contributed by atoms with Gasteiger partial charge in [0.25, 0.3) is 0 Å². The van der Waals surface area contributed by atoms with E-state index in [1.54, 1.807) is 0 Å². The van der Waals surface area contributed by atoms with Gasteiger partial charge in [0.15, 0.2) is 0 Å². The molecule has 0 aromatic rings. The molecule has 0 aliphatic rings. The summed E-state index contributed by atoms with van der Waals surface area (Å²) in [5.41, 5.74) is -0.417. The number of hydrogen-bond donors (Lipinski definition) is 2. The summed E-state index contributed by atoms with van der Waals surface area (Å²) in [4.78, 5) is 11.3. The second-order valence-corrected chi connectivity index (χ2v) is 6.22. The molecule has 0 aliphatic carbocycles. The van der Waals surface area contributed by atoms with E-state index in [1.165, 1.54) is 18.6 Å². The van der Waals surface area contributed by atoms with Gasteiger partial charge >= 0.3 is 6.09 Å². The molecule has 0 saturated carbocycles. The molecule has 4 nitrogen and oxygen atoms in total. The van der Waals surface area contributed by atoms with E-state index in [4.69, 9.17) is 4.74 Å². The second kappa shape index (κ2) is 10.5. The first-order valence-electron chi connectivity index (χ1n) is 6.62. The SMILES string of the molecule is CSCCCCNCCCNC(=O)OC(C)(C)C. The van der Waals surface area contributed by atoms with Crippen LogP contribution < -0.4 is 10.6 Å². The number of ether oxygens (including phenoxy) is 1. The Morgan fingerprint density at radius 2 is 1.78 bits per heavy atom. The van der Waals surface area contributed by atoms with Crippen molar-refractivity contribution in [3.63, 3.8) is 0 Å². The lowest BCUT2D eigenvalue weighted by atomic mass is 10.2. The quantitative estimate of drug-likeness (QED) is 0.636. The summed E-state index contributed by atoms with van der Waals surface area (Å²) in [7, 11) is 0. The smallest absolute Gasteiger partial charge is 0.407 e. The third-order valence-corrected chi connectivity index (χ3v) is 2.85. The zero-order valence-electron chi connectivity index (χ0n) is 12.2. The first kappa shape index (κ1) is 17.6. The topological polar surface area (TPSA) is 50.4 Å². The first-order valence-corrected chi connectivity index (χ1v) is 8.01. The normalized spacial score (nSPS) is 11.3. The number of carbonyl (C=O) groups is 1. The molecular weight excluding hydrogens is 248 g/mol. The third kappa shape index (κ3) is 13.6. The van der Waals surface area contributed by atoms with Crippen LogP contribution in [0.15, 0.2) is 0 Å². The maximum Gasteiger partial charge on any atom is 0.407 e. The van der Waals surface area contributed by atoms with Crippen molar-refractivity contribution in [2.45, 2.75) is 45.6 Å². The molecule has 5 heteroatoms. The van der Waals surface area contributed by atoms with Crippen LogP contribution in [0.2, 0.25) is 0 Å². The van der Waals surface area contributed by atoms with Crippen LogP contribution in [-0.4, -0.2) is 43.3 Å². The molecule has 0 bridgehead atoms. The van der Waals surface area contributed by atoms with Gasteiger partial charge in [-0.25, -0.2) is 4.79 Å². The number of unbranched alkanes of at least 4 members (excludes halogenated alkanes) is 1. The van der Waals surface area contributed by atoms with Gasteiger partial charge in [-0.05, 0) is 65.1 Å². The lowest BCUT2D eigenvalue weighted by molar-refractivity contribution is 0.0527. The summed E-state index contributed by atoms with van der Waals surface area (Å²) in [6.07, 6.45) is 5.23. The van der Waals surface area contributed by atoms with Gasteiger partial charge in [0.1, 0.15) is 5.60 Å². The summed E-state index contributed by atoms with van der Waals surface area (Å²) >= 11 is 1.89. The zero-order chi connectivity index (χ0) is 13.9. The van der Waals surface area contributed by atoms with E-state index in [1.807, 2.05) is 32.5 Å². The third-order valence-electron chi connectivity index (χ3n) is 2.15. The van der Waals surface area contributed by atoms with Gasteiger partial charge < -0.3 is 15.4 Å². The van der Waals surface area contributed by atoms with Gasteiger partial charge in [0.2, 0.25) is 0 Å². The van der Waals surface area contributed by atoms with E-state index in [9.17, 15) is 4.79 Å². The molecule has 2 N–H and O–H groups in total. The number of amides is 1. The molecule has 0 heterocycles. The summed E-state index contributed by atoms with van der Waals surface area (Å²) < 4.78 is 5.14. The monoisotopic (exact) mass is 276 g/mol. The van der Waals surface area contributed by atoms with Crippen molar-refractivity contribution in [3.05, 3.63) is 0 Å². The zero-order valence-corrected chi connectivity index (χ0v) is 13.0. The standard InChI is InChI=1S/C13H28N2O2S/c1-13(2,3)17-12(16)15-10-7-9-14-8-5-6-11-18-4/h14H,5-11H2,1-4H3,(H,15,16). The molecule has 0 rings (SSSR count). The van der Waals surface area contributed by atoms with E-state index in [0.717, 1.165) is 19.5 Å². The van der Waals surface area contributed by atoms with Crippen molar-refractivity contribution < 1.29 is 9.53 Å². The van der Waals surface area contributed by atoms with Crippen molar-refractivity contribution >= 4 is 17.9 Å². The Kier molecular flexibility index (Phi) is 10.3. The van der Waals surface area contributed by atoms with Crippen LogP contribution in [0.3, 0.4) is 0 Å². The highest BCUT2D eigenvalue weighted by Gasteiger charge is 2.15. The van der Waals surface area contributed by atoms with Crippen LogP contribution in [0.1, 0.15) is 40.0 Å². The number of hydrogen-bond acceptors (Lipinski definition) is 4. The largest absolute Gasteiger partial charge is 0.444 e. The Bertz CT molecular complexity index is 218. The molecule has 1 amide bonds. The first-order chi connectivity index (χ1) is 8.45. The predicted octanol–water partition coefficient (Wildman–Crippen LogP) is 2.63. The van der Waals surface area contributed by atoms with Crippen LogP contribution in [0, 0.1) is 0 Å². The number of thioether (sulfide) groups is 1. The fourth-order valence-corrected chi connectivity index (χ4v) is 1.83. The average Bonchev–Trinajstić information content (AvgIpc) is 2.24. The summed E-state index contributed by atoms with van der Waals surface area (Å²) in [6, 6.07) is 0. The van der Waals surface area contributed by atoms with Gasteiger partial charge in [-0.1, -0.05) is 0 Å². The summed E-state index contributed by atoms with van der Waals surface area (Å²) in [5, 5.41) is 6.11. The van der Waals surface area contributed by atoms with Gasteiger partial charge in [-0.15, -0.1) is 0 Å². The van der Waals surface area contributed by atoms with Gasteiger partial charge in [-0.3, -0.25) is 0 Å². The molecular formula is C13H28N2O2S. The molecule has 0 saturated heterocycles. The fraction of sp³-hybridized carbons (Fsp3) is 0.923. The van der Waals surface area contributed by atoms with Crippen LogP contribution in [0.5, 0.6) is 0 Å². The molecule has 0 aliphatic heterocycles. The summed E-state index contributed by atoms with van der Waals surface area (Å²) in [6.45, 7) is 8.25. The van der Waals surface area contributed by atoms with E-state index in [0.29, 0.717) is 6.54 Å². The molecule has 0 unspecified atom stereocenters. The highest BCUT2D eigenvalue weighted by Crippen LogP contribution is 2.06. The number of rotatable bonds is 9. The minimum Gasteiger partial charge on any atom is -0.444 e. The van der Waals surface area contributed by atoms with Crippen LogP contribution in [0.4, 0.5) is 4.79 Å². The molecule has 0 atom stereocenters. The van der Waals surface area contributed by atoms with Crippen molar-refractivity contribution in [2.75, 3.05) is 31.6 Å². The molecule has 0 fully saturated rings.